The summed E-state index contributed by atoms with van der Waals surface area (Å²) in [6.45, 7) is 2.91. The lowest BCUT2D eigenvalue weighted by atomic mass is 10.3. The number of hydrogen-bond acceptors (Lipinski definition) is 1. The van der Waals surface area contributed by atoms with E-state index in [9.17, 15) is 0 Å². The van der Waals surface area contributed by atoms with Crippen LogP contribution in [0.4, 0.5) is 0 Å². The first kappa shape index (κ1) is 7.55. The van der Waals surface area contributed by atoms with Crippen molar-refractivity contribution in [2.75, 3.05) is 6.61 Å². The minimum absolute atomic E-state index is 0.495. The molecule has 0 aliphatic heterocycles. The van der Waals surface area contributed by atoms with E-state index in [2.05, 4.69) is 22.9 Å². The maximum absolute atomic E-state index is 5.47. The highest BCUT2D eigenvalue weighted by Crippen LogP contribution is 2.27. The third kappa shape index (κ3) is 1.94. The van der Waals surface area contributed by atoms with Crippen molar-refractivity contribution in [1.29, 1.82) is 0 Å². The zero-order valence-electron chi connectivity index (χ0n) is 5.77. The van der Waals surface area contributed by atoms with Gasteiger partial charge >= 0.3 is 0 Å². The zero-order chi connectivity index (χ0) is 6.69. The standard InChI is InChI=1S/C7H13BrO/c1-2-9-7-5-3-4-6(7)8/h6-7H,2-5H2,1H3. The van der Waals surface area contributed by atoms with Crippen LogP contribution in [0.1, 0.15) is 26.2 Å². The van der Waals surface area contributed by atoms with Gasteiger partial charge in [-0.05, 0) is 26.2 Å². The molecule has 1 fully saturated rings. The molecule has 0 spiro atoms. The van der Waals surface area contributed by atoms with Crippen LogP contribution in [0.15, 0.2) is 0 Å². The van der Waals surface area contributed by atoms with Crippen LogP contribution in [-0.2, 0) is 4.74 Å². The number of halogens is 1. The topological polar surface area (TPSA) is 9.23 Å². The molecule has 1 saturated carbocycles. The molecule has 1 aliphatic carbocycles. The van der Waals surface area contributed by atoms with Crippen LogP contribution in [0.2, 0.25) is 0 Å². The van der Waals surface area contributed by atoms with Gasteiger partial charge in [0.2, 0.25) is 0 Å². The van der Waals surface area contributed by atoms with Crippen molar-refractivity contribution in [3.05, 3.63) is 0 Å². The second-order valence-electron chi connectivity index (χ2n) is 2.44. The monoisotopic (exact) mass is 192 g/mol. The smallest absolute Gasteiger partial charge is 0.0699 e. The number of rotatable bonds is 2. The molecular weight excluding hydrogens is 180 g/mol. The molecule has 54 valence electrons. The Morgan fingerprint density at radius 3 is 2.78 bits per heavy atom. The summed E-state index contributed by atoms with van der Waals surface area (Å²) in [4.78, 5) is 0.623. The van der Waals surface area contributed by atoms with E-state index in [0.29, 0.717) is 10.9 Å². The Hall–Kier alpha value is 0.440. The summed E-state index contributed by atoms with van der Waals surface area (Å²) in [6, 6.07) is 0. The molecule has 0 bridgehead atoms. The summed E-state index contributed by atoms with van der Waals surface area (Å²) in [5.41, 5.74) is 0. The second kappa shape index (κ2) is 3.57. The minimum atomic E-state index is 0.495. The van der Waals surface area contributed by atoms with Crippen LogP contribution < -0.4 is 0 Å². The summed E-state index contributed by atoms with van der Waals surface area (Å²) >= 11 is 3.58. The predicted octanol–water partition coefficient (Wildman–Crippen LogP) is 2.34. The Balaban J connectivity index is 2.22. The van der Waals surface area contributed by atoms with Gasteiger partial charge in [-0.1, -0.05) is 15.9 Å². The molecule has 0 N–H and O–H groups in total. The molecule has 0 radical (unpaired) electrons. The van der Waals surface area contributed by atoms with Crippen molar-refractivity contribution in [2.45, 2.75) is 37.1 Å². The van der Waals surface area contributed by atoms with Crippen molar-refractivity contribution >= 4 is 15.9 Å². The summed E-state index contributed by atoms with van der Waals surface area (Å²) in [7, 11) is 0. The molecule has 0 heterocycles. The third-order valence-corrected chi connectivity index (χ3v) is 2.80. The first-order valence-corrected chi connectivity index (χ1v) is 4.52. The summed E-state index contributed by atoms with van der Waals surface area (Å²) in [5.74, 6) is 0. The van der Waals surface area contributed by atoms with Gasteiger partial charge in [0.1, 0.15) is 0 Å². The Morgan fingerprint density at radius 1 is 1.56 bits per heavy atom. The molecule has 1 nitrogen and oxygen atoms in total. The molecule has 1 aliphatic rings. The maximum atomic E-state index is 5.47. The highest BCUT2D eigenvalue weighted by molar-refractivity contribution is 9.09. The summed E-state index contributed by atoms with van der Waals surface area (Å²) < 4.78 is 5.47. The lowest BCUT2D eigenvalue weighted by molar-refractivity contribution is 0.0730. The third-order valence-electron chi connectivity index (χ3n) is 1.75. The Morgan fingerprint density at radius 2 is 2.33 bits per heavy atom. The minimum Gasteiger partial charge on any atom is -0.377 e. The Bertz CT molecular complexity index is 85.0. The van der Waals surface area contributed by atoms with Crippen molar-refractivity contribution in [3.8, 4) is 0 Å². The number of alkyl halides is 1. The summed E-state index contributed by atoms with van der Waals surface area (Å²) in [5, 5.41) is 0. The fourth-order valence-corrected chi connectivity index (χ4v) is 2.02. The lowest BCUT2D eigenvalue weighted by Gasteiger charge is -2.12. The van der Waals surface area contributed by atoms with Crippen molar-refractivity contribution in [2.24, 2.45) is 0 Å². The molecule has 1 rings (SSSR count). The molecule has 0 aromatic heterocycles. The van der Waals surface area contributed by atoms with Gasteiger partial charge in [-0.2, -0.15) is 0 Å². The summed E-state index contributed by atoms with van der Waals surface area (Å²) in [6.07, 6.45) is 4.34. The number of ether oxygens (including phenoxy) is 1. The molecule has 2 heteroatoms. The van der Waals surface area contributed by atoms with Crippen LogP contribution in [0, 0.1) is 0 Å². The van der Waals surface area contributed by atoms with E-state index in [1.165, 1.54) is 19.3 Å². The average Bonchev–Trinajstić information content (AvgIpc) is 2.18. The van der Waals surface area contributed by atoms with Gasteiger partial charge in [0, 0.05) is 11.4 Å². The lowest BCUT2D eigenvalue weighted by Crippen LogP contribution is -2.17. The van der Waals surface area contributed by atoms with E-state index < -0.39 is 0 Å². The molecule has 0 amide bonds. The van der Waals surface area contributed by atoms with E-state index in [0.717, 1.165) is 6.61 Å². The second-order valence-corrected chi connectivity index (χ2v) is 3.62. The number of hydrogen-bond donors (Lipinski definition) is 0. The zero-order valence-corrected chi connectivity index (χ0v) is 7.36. The Labute approximate surface area is 64.9 Å². The van der Waals surface area contributed by atoms with Gasteiger partial charge in [0.15, 0.2) is 0 Å². The van der Waals surface area contributed by atoms with Crippen LogP contribution in [0.5, 0.6) is 0 Å². The average molecular weight is 193 g/mol. The van der Waals surface area contributed by atoms with Crippen LogP contribution >= 0.6 is 15.9 Å². The van der Waals surface area contributed by atoms with Gasteiger partial charge < -0.3 is 4.74 Å². The fourth-order valence-electron chi connectivity index (χ4n) is 1.28. The van der Waals surface area contributed by atoms with Crippen molar-refractivity contribution < 1.29 is 4.74 Å². The van der Waals surface area contributed by atoms with E-state index in [1.54, 1.807) is 0 Å². The largest absolute Gasteiger partial charge is 0.377 e. The Kier molecular flexibility index (Phi) is 2.99. The van der Waals surface area contributed by atoms with Crippen LogP contribution in [0.25, 0.3) is 0 Å². The predicted molar refractivity (Wildman–Crippen MR) is 42.0 cm³/mol. The van der Waals surface area contributed by atoms with Crippen LogP contribution in [0.3, 0.4) is 0 Å². The SMILES string of the molecule is CCOC1CCCC1Br. The molecule has 0 aromatic rings. The van der Waals surface area contributed by atoms with Gasteiger partial charge in [-0.15, -0.1) is 0 Å². The van der Waals surface area contributed by atoms with E-state index in [1.807, 2.05) is 0 Å². The fraction of sp³-hybridized carbons (Fsp3) is 1.00. The first-order valence-electron chi connectivity index (χ1n) is 3.60. The molecule has 0 saturated heterocycles. The van der Waals surface area contributed by atoms with Crippen molar-refractivity contribution in [1.82, 2.24) is 0 Å². The molecular formula is C7H13BrO. The molecule has 2 atom stereocenters. The van der Waals surface area contributed by atoms with Crippen LogP contribution in [-0.4, -0.2) is 17.5 Å². The van der Waals surface area contributed by atoms with E-state index in [-0.39, 0.29) is 0 Å². The first-order chi connectivity index (χ1) is 4.34. The quantitative estimate of drug-likeness (QED) is 0.611. The molecule has 0 aromatic carbocycles. The molecule has 9 heavy (non-hydrogen) atoms. The molecule has 2 unspecified atom stereocenters. The van der Waals surface area contributed by atoms with E-state index >= 15 is 0 Å². The maximum Gasteiger partial charge on any atom is 0.0699 e. The van der Waals surface area contributed by atoms with Gasteiger partial charge in [-0.3, -0.25) is 0 Å². The van der Waals surface area contributed by atoms with Crippen molar-refractivity contribution in [3.63, 3.8) is 0 Å². The highest BCUT2D eigenvalue weighted by atomic mass is 79.9. The van der Waals surface area contributed by atoms with Gasteiger partial charge in [0.05, 0.1) is 6.10 Å². The van der Waals surface area contributed by atoms with E-state index in [4.69, 9.17) is 4.74 Å². The van der Waals surface area contributed by atoms with Gasteiger partial charge in [0.25, 0.3) is 0 Å². The normalized spacial score (nSPS) is 35.3. The van der Waals surface area contributed by atoms with Gasteiger partial charge in [-0.25, -0.2) is 0 Å². The highest BCUT2D eigenvalue weighted by Gasteiger charge is 2.24.